The SMILES string of the molecule is CC(C)CN(Cc1ccc2ncccc2c1)C(=O)[C@H]1CN(Cc2cccc3ccnn23)CCO1. The van der Waals surface area contributed by atoms with Crippen LogP contribution in [0.25, 0.3) is 16.4 Å². The van der Waals surface area contributed by atoms with Crippen LogP contribution in [-0.4, -0.2) is 62.7 Å². The van der Waals surface area contributed by atoms with Crippen molar-refractivity contribution < 1.29 is 9.53 Å². The first-order chi connectivity index (χ1) is 16.6. The maximum Gasteiger partial charge on any atom is 0.253 e. The van der Waals surface area contributed by atoms with E-state index in [4.69, 9.17) is 4.74 Å². The second-order valence-corrected chi connectivity index (χ2v) is 9.42. The zero-order valence-electron chi connectivity index (χ0n) is 19.8. The summed E-state index contributed by atoms with van der Waals surface area (Å²) in [5, 5.41) is 5.53. The summed E-state index contributed by atoms with van der Waals surface area (Å²) < 4.78 is 7.95. The minimum atomic E-state index is -0.466. The highest BCUT2D eigenvalue weighted by Crippen LogP contribution is 2.19. The third kappa shape index (κ3) is 4.95. The van der Waals surface area contributed by atoms with Gasteiger partial charge in [0.2, 0.25) is 0 Å². The number of ether oxygens (including phenoxy) is 1. The first-order valence-corrected chi connectivity index (χ1v) is 11.9. The van der Waals surface area contributed by atoms with Crippen LogP contribution in [0.3, 0.4) is 0 Å². The fourth-order valence-corrected chi connectivity index (χ4v) is 4.67. The van der Waals surface area contributed by atoms with E-state index in [2.05, 4.69) is 65.2 Å². The molecule has 4 heterocycles. The lowest BCUT2D eigenvalue weighted by Crippen LogP contribution is -2.51. The molecule has 0 N–H and O–H groups in total. The fraction of sp³-hybridized carbons (Fsp3) is 0.370. The Balaban J connectivity index is 1.30. The largest absolute Gasteiger partial charge is 0.366 e. The van der Waals surface area contributed by atoms with Gasteiger partial charge in [-0.05, 0) is 47.9 Å². The Kier molecular flexibility index (Phi) is 6.56. The lowest BCUT2D eigenvalue weighted by molar-refractivity contribution is -0.151. The number of aromatic nitrogens is 3. The Bertz CT molecular complexity index is 1280. The number of benzene rings is 1. The standard InChI is InChI=1S/C27H31N5O2/c1-20(2)16-31(17-21-8-9-25-22(15-21)5-4-11-28-25)27(33)26-19-30(13-14-34-26)18-24-7-3-6-23-10-12-29-32(23)24/h3-12,15,20,26H,13-14,16-19H2,1-2H3/t26-/m1/s1. The van der Waals surface area contributed by atoms with Gasteiger partial charge in [-0.3, -0.25) is 14.7 Å². The van der Waals surface area contributed by atoms with Gasteiger partial charge in [-0.15, -0.1) is 0 Å². The zero-order valence-corrected chi connectivity index (χ0v) is 19.8. The number of rotatable bonds is 7. The number of nitrogens with zero attached hydrogens (tertiary/aromatic N) is 5. The number of carbonyl (C=O) groups is 1. The maximum absolute atomic E-state index is 13.6. The van der Waals surface area contributed by atoms with Crippen molar-refractivity contribution in [3.8, 4) is 0 Å². The number of pyridine rings is 2. The summed E-state index contributed by atoms with van der Waals surface area (Å²) in [6.45, 7) is 8.18. The van der Waals surface area contributed by atoms with E-state index in [1.807, 2.05) is 33.8 Å². The van der Waals surface area contributed by atoms with Gasteiger partial charge in [-0.2, -0.15) is 5.10 Å². The van der Waals surface area contributed by atoms with Crippen molar-refractivity contribution in [2.24, 2.45) is 5.92 Å². The number of amides is 1. The minimum Gasteiger partial charge on any atom is -0.366 e. The molecule has 1 atom stereocenters. The summed E-state index contributed by atoms with van der Waals surface area (Å²) in [7, 11) is 0. The van der Waals surface area contributed by atoms with Crippen LogP contribution in [-0.2, 0) is 22.6 Å². The first-order valence-electron chi connectivity index (χ1n) is 11.9. The van der Waals surface area contributed by atoms with E-state index in [-0.39, 0.29) is 5.91 Å². The van der Waals surface area contributed by atoms with Crippen LogP contribution < -0.4 is 0 Å². The molecule has 0 bridgehead atoms. The van der Waals surface area contributed by atoms with Gasteiger partial charge in [0.05, 0.1) is 23.3 Å². The van der Waals surface area contributed by atoms with Crippen molar-refractivity contribution in [3.63, 3.8) is 0 Å². The van der Waals surface area contributed by atoms with E-state index in [0.717, 1.165) is 40.8 Å². The molecule has 0 radical (unpaired) electrons. The van der Waals surface area contributed by atoms with E-state index >= 15 is 0 Å². The van der Waals surface area contributed by atoms with Crippen molar-refractivity contribution in [1.29, 1.82) is 0 Å². The van der Waals surface area contributed by atoms with E-state index < -0.39 is 6.10 Å². The van der Waals surface area contributed by atoms with Gasteiger partial charge >= 0.3 is 0 Å². The van der Waals surface area contributed by atoms with Gasteiger partial charge in [0.25, 0.3) is 5.91 Å². The molecule has 1 aromatic carbocycles. The molecule has 1 saturated heterocycles. The Labute approximate surface area is 199 Å². The summed E-state index contributed by atoms with van der Waals surface area (Å²) in [6, 6.07) is 18.4. The second-order valence-electron chi connectivity index (χ2n) is 9.42. The highest BCUT2D eigenvalue weighted by atomic mass is 16.5. The monoisotopic (exact) mass is 457 g/mol. The van der Waals surface area contributed by atoms with Gasteiger partial charge in [0, 0.05) is 50.5 Å². The number of fused-ring (bicyclic) bond motifs is 2. The third-order valence-electron chi connectivity index (χ3n) is 6.25. The van der Waals surface area contributed by atoms with Crippen molar-refractivity contribution in [2.45, 2.75) is 33.0 Å². The highest BCUT2D eigenvalue weighted by Gasteiger charge is 2.31. The molecular formula is C27H31N5O2. The Morgan fingerprint density at radius 2 is 2.06 bits per heavy atom. The van der Waals surface area contributed by atoms with Crippen molar-refractivity contribution in [3.05, 3.63) is 78.2 Å². The summed E-state index contributed by atoms with van der Waals surface area (Å²) in [5.41, 5.74) is 4.26. The van der Waals surface area contributed by atoms with Crippen LogP contribution >= 0.6 is 0 Å². The molecule has 0 aliphatic carbocycles. The molecule has 1 amide bonds. The Hall–Kier alpha value is -3.29. The topological polar surface area (TPSA) is 63.0 Å². The van der Waals surface area contributed by atoms with Crippen LogP contribution in [0.4, 0.5) is 0 Å². The molecule has 0 saturated carbocycles. The van der Waals surface area contributed by atoms with Gasteiger partial charge in [0.15, 0.2) is 0 Å². The number of hydrogen-bond acceptors (Lipinski definition) is 5. The van der Waals surface area contributed by atoms with Crippen molar-refractivity contribution >= 4 is 22.3 Å². The Morgan fingerprint density at radius 3 is 2.94 bits per heavy atom. The minimum absolute atomic E-state index is 0.0574. The van der Waals surface area contributed by atoms with Gasteiger partial charge in [-0.1, -0.05) is 32.0 Å². The maximum atomic E-state index is 13.6. The van der Waals surface area contributed by atoms with Crippen LogP contribution in [0.15, 0.2) is 67.0 Å². The summed E-state index contributed by atoms with van der Waals surface area (Å²) in [5.74, 6) is 0.421. The predicted octanol–water partition coefficient (Wildman–Crippen LogP) is 3.77. The molecule has 7 nitrogen and oxygen atoms in total. The molecule has 176 valence electrons. The molecule has 3 aromatic heterocycles. The molecule has 0 unspecified atom stereocenters. The van der Waals surface area contributed by atoms with E-state index in [9.17, 15) is 4.79 Å². The molecule has 34 heavy (non-hydrogen) atoms. The van der Waals surface area contributed by atoms with E-state index in [0.29, 0.717) is 32.2 Å². The number of morpholine rings is 1. The smallest absolute Gasteiger partial charge is 0.253 e. The lowest BCUT2D eigenvalue weighted by atomic mass is 10.1. The van der Waals surface area contributed by atoms with Crippen LogP contribution in [0.1, 0.15) is 25.1 Å². The molecule has 1 aliphatic heterocycles. The predicted molar refractivity (Wildman–Crippen MR) is 132 cm³/mol. The first kappa shape index (κ1) is 22.5. The highest BCUT2D eigenvalue weighted by molar-refractivity contribution is 5.82. The molecule has 0 spiro atoms. The lowest BCUT2D eigenvalue weighted by Gasteiger charge is -2.35. The number of carbonyl (C=O) groups excluding carboxylic acids is 1. The van der Waals surface area contributed by atoms with Crippen LogP contribution in [0.5, 0.6) is 0 Å². The summed E-state index contributed by atoms with van der Waals surface area (Å²) in [6.07, 6.45) is 3.15. The molecule has 1 aliphatic rings. The van der Waals surface area contributed by atoms with Gasteiger partial charge in [-0.25, -0.2) is 4.52 Å². The fourth-order valence-electron chi connectivity index (χ4n) is 4.67. The molecular weight excluding hydrogens is 426 g/mol. The second kappa shape index (κ2) is 9.91. The van der Waals surface area contributed by atoms with E-state index in [1.165, 1.54) is 0 Å². The average molecular weight is 458 g/mol. The molecule has 7 heteroatoms. The Morgan fingerprint density at radius 1 is 1.15 bits per heavy atom. The molecule has 1 fully saturated rings. The third-order valence-corrected chi connectivity index (χ3v) is 6.25. The van der Waals surface area contributed by atoms with Crippen molar-refractivity contribution in [1.82, 2.24) is 24.4 Å². The summed E-state index contributed by atoms with van der Waals surface area (Å²) in [4.78, 5) is 22.3. The van der Waals surface area contributed by atoms with E-state index in [1.54, 1.807) is 6.20 Å². The average Bonchev–Trinajstić information content (AvgIpc) is 3.33. The van der Waals surface area contributed by atoms with Gasteiger partial charge in [0.1, 0.15) is 6.10 Å². The quantitative estimate of drug-likeness (QED) is 0.423. The summed E-state index contributed by atoms with van der Waals surface area (Å²) >= 11 is 0. The zero-order chi connectivity index (χ0) is 23.5. The molecule has 5 rings (SSSR count). The van der Waals surface area contributed by atoms with Crippen LogP contribution in [0, 0.1) is 5.92 Å². The van der Waals surface area contributed by atoms with Gasteiger partial charge < -0.3 is 9.64 Å². The van der Waals surface area contributed by atoms with Crippen molar-refractivity contribution in [2.75, 3.05) is 26.2 Å². The van der Waals surface area contributed by atoms with Crippen LogP contribution in [0.2, 0.25) is 0 Å². The molecule has 4 aromatic rings. The normalized spacial score (nSPS) is 17.0. The number of hydrogen-bond donors (Lipinski definition) is 0.